The lowest BCUT2D eigenvalue weighted by molar-refractivity contribution is 0.410. The monoisotopic (exact) mass is 345 g/mol. The molecule has 2 heterocycles. The van der Waals surface area contributed by atoms with Crippen molar-refractivity contribution in [2.24, 2.45) is 0 Å². The van der Waals surface area contributed by atoms with Gasteiger partial charge in [0.15, 0.2) is 5.16 Å². The van der Waals surface area contributed by atoms with Crippen molar-refractivity contribution >= 4 is 21.8 Å². The molecule has 3 rings (SSSR count). The summed E-state index contributed by atoms with van der Waals surface area (Å²) >= 11 is 0. The number of nitrogens with zero attached hydrogens (tertiary/aromatic N) is 2. The standard InChI is InChI=1S/C17H19N3O3S/c1-10-7-16(23-4)11(2)15(18-10)9-24(21)17-19-13-6-5-12(22-3)8-14(13)20-17/h5-8H,9H2,1-4H3,(H,19,20)/t24-/m0/s1. The van der Waals surface area contributed by atoms with Crippen LogP contribution in [0.4, 0.5) is 0 Å². The first kappa shape index (κ1) is 16.4. The van der Waals surface area contributed by atoms with Crippen LogP contribution in [0.3, 0.4) is 0 Å². The number of aromatic amines is 1. The number of imidazole rings is 1. The topological polar surface area (TPSA) is 77.1 Å². The second-order valence-corrected chi connectivity index (χ2v) is 6.82. The summed E-state index contributed by atoms with van der Waals surface area (Å²) < 4.78 is 23.3. The Bertz CT molecular complexity index is 921. The smallest absolute Gasteiger partial charge is 0.197 e. The van der Waals surface area contributed by atoms with Crippen molar-refractivity contribution < 1.29 is 13.7 Å². The Morgan fingerprint density at radius 2 is 1.92 bits per heavy atom. The van der Waals surface area contributed by atoms with Gasteiger partial charge in [-0.1, -0.05) is 0 Å². The van der Waals surface area contributed by atoms with E-state index in [9.17, 15) is 4.21 Å². The van der Waals surface area contributed by atoms with Crippen molar-refractivity contribution in [1.29, 1.82) is 0 Å². The number of hydrogen-bond acceptors (Lipinski definition) is 5. The van der Waals surface area contributed by atoms with Gasteiger partial charge in [-0.2, -0.15) is 0 Å². The molecule has 0 saturated heterocycles. The fraction of sp³-hybridized carbons (Fsp3) is 0.294. The van der Waals surface area contributed by atoms with E-state index in [2.05, 4.69) is 15.0 Å². The van der Waals surface area contributed by atoms with Gasteiger partial charge < -0.3 is 14.5 Å². The average molecular weight is 345 g/mol. The second-order valence-electron chi connectivity index (χ2n) is 5.45. The van der Waals surface area contributed by atoms with E-state index in [-0.39, 0.29) is 5.75 Å². The van der Waals surface area contributed by atoms with E-state index >= 15 is 0 Å². The largest absolute Gasteiger partial charge is 0.497 e. The molecule has 0 bridgehead atoms. The van der Waals surface area contributed by atoms with Crippen LogP contribution in [0.15, 0.2) is 29.4 Å². The Labute approximate surface area is 142 Å². The van der Waals surface area contributed by atoms with E-state index in [0.29, 0.717) is 5.16 Å². The minimum absolute atomic E-state index is 0.279. The zero-order chi connectivity index (χ0) is 17.3. The molecule has 1 aromatic carbocycles. The van der Waals surface area contributed by atoms with Crippen LogP contribution in [0.5, 0.6) is 11.5 Å². The van der Waals surface area contributed by atoms with Crippen molar-refractivity contribution in [1.82, 2.24) is 15.0 Å². The zero-order valence-electron chi connectivity index (χ0n) is 14.0. The number of methoxy groups -OCH3 is 2. The molecule has 6 nitrogen and oxygen atoms in total. The van der Waals surface area contributed by atoms with Crippen LogP contribution in [0.1, 0.15) is 17.0 Å². The van der Waals surface area contributed by atoms with Gasteiger partial charge in [-0.15, -0.1) is 0 Å². The lowest BCUT2D eigenvalue weighted by Crippen LogP contribution is -2.05. The van der Waals surface area contributed by atoms with E-state index in [4.69, 9.17) is 9.47 Å². The predicted octanol–water partition coefficient (Wildman–Crippen LogP) is 2.90. The lowest BCUT2D eigenvalue weighted by atomic mass is 10.2. The molecule has 0 fully saturated rings. The number of aryl methyl sites for hydroxylation is 1. The molecule has 0 unspecified atom stereocenters. The summed E-state index contributed by atoms with van der Waals surface area (Å²) in [6, 6.07) is 7.37. The molecule has 0 saturated carbocycles. The molecule has 1 N–H and O–H groups in total. The van der Waals surface area contributed by atoms with Gasteiger partial charge in [0.25, 0.3) is 0 Å². The number of benzene rings is 1. The van der Waals surface area contributed by atoms with Crippen LogP contribution in [0.25, 0.3) is 11.0 Å². The minimum atomic E-state index is -1.33. The molecular formula is C17H19N3O3S. The van der Waals surface area contributed by atoms with E-state index in [1.165, 1.54) is 0 Å². The molecule has 0 spiro atoms. The molecule has 0 aliphatic carbocycles. The van der Waals surface area contributed by atoms with Crippen LogP contribution in [-0.2, 0) is 16.6 Å². The average Bonchev–Trinajstić information content (AvgIpc) is 3.00. The van der Waals surface area contributed by atoms with Gasteiger partial charge in [-0.25, -0.2) is 4.98 Å². The maximum atomic E-state index is 12.7. The van der Waals surface area contributed by atoms with Crippen molar-refractivity contribution in [3.63, 3.8) is 0 Å². The molecule has 3 aromatic rings. The molecule has 126 valence electrons. The summed E-state index contributed by atoms with van der Waals surface area (Å²) in [5, 5.41) is 0.430. The number of H-pyrrole nitrogens is 1. The number of pyridine rings is 1. The van der Waals surface area contributed by atoms with Gasteiger partial charge in [-0.05, 0) is 26.0 Å². The number of ether oxygens (including phenoxy) is 2. The van der Waals surface area contributed by atoms with E-state index in [1.54, 1.807) is 14.2 Å². The molecule has 7 heteroatoms. The van der Waals surface area contributed by atoms with Gasteiger partial charge in [0, 0.05) is 23.4 Å². The number of rotatable bonds is 5. The first-order valence-electron chi connectivity index (χ1n) is 7.45. The minimum Gasteiger partial charge on any atom is -0.497 e. The second kappa shape index (κ2) is 6.60. The number of aromatic nitrogens is 3. The van der Waals surface area contributed by atoms with Gasteiger partial charge in [0.2, 0.25) is 0 Å². The van der Waals surface area contributed by atoms with Crippen LogP contribution < -0.4 is 9.47 Å². The van der Waals surface area contributed by atoms with Crippen LogP contribution >= 0.6 is 0 Å². The zero-order valence-corrected chi connectivity index (χ0v) is 14.9. The maximum absolute atomic E-state index is 12.7. The SMILES string of the molecule is COc1ccc2nc([S@@](=O)Cc3nc(C)cc(OC)c3C)[nH]c2c1. The maximum Gasteiger partial charge on any atom is 0.197 e. The third-order valence-corrected chi connectivity index (χ3v) is 4.98. The summed E-state index contributed by atoms with van der Waals surface area (Å²) in [6.07, 6.45) is 0. The molecule has 24 heavy (non-hydrogen) atoms. The number of fused-ring (bicyclic) bond motifs is 1. The van der Waals surface area contributed by atoms with Crippen molar-refractivity contribution in [2.45, 2.75) is 24.8 Å². The fourth-order valence-corrected chi connectivity index (χ4v) is 3.60. The number of nitrogens with one attached hydrogen (secondary N) is 1. The molecule has 1 atom stereocenters. The molecule has 0 radical (unpaired) electrons. The third kappa shape index (κ3) is 3.12. The lowest BCUT2D eigenvalue weighted by Gasteiger charge is -2.10. The highest BCUT2D eigenvalue weighted by atomic mass is 32.2. The van der Waals surface area contributed by atoms with Gasteiger partial charge in [0.1, 0.15) is 11.5 Å². The van der Waals surface area contributed by atoms with Gasteiger partial charge in [-0.3, -0.25) is 9.19 Å². The Morgan fingerprint density at radius 3 is 2.62 bits per heavy atom. The van der Waals surface area contributed by atoms with E-state index < -0.39 is 10.8 Å². The highest BCUT2D eigenvalue weighted by Crippen LogP contribution is 2.24. The Hall–Kier alpha value is -2.41. The predicted molar refractivity (Wildman–Crippen MR) is 93.0 cm³/mol. The molecule has 0 aliphatic rings. The molecule has 0 aliphatic heterocycles. The van der Waals surface area contributed by atoms with Crippen LogP contribution in [0, 0.1) is 13.8 Å². The third-order valence-electron chi connectivity index (χ3n) is 3.82. The van der Waals surface area contributed by atoms with Crippen LogP contribution in [-0.4, -0.2) is 33.4 Å². The van der Waals surface area contributed by atoms with Crippen LogP contribution in [0.2, 0.25) is 0 Å². The number of hydrogen-bond donors (Lipinski definition) is 1. The first-order chi connectivity index (χ1) is 11.5. The Morgan fingerprint density at radius 1 is 1.12 bits per heavy atom. The first-order valence-corrected chi connectivity index (χ1v) is 8.77. The molecule has 2 aromatic heterocycles. The van der Waals surface area contributed by atoms with Gasteiger partial charge >= 0.3 is 0 Å². The van der Waals surface area contributed by atoms with Crippen molar-refractivity contribution in [3.8, 4) is 11.5 Å². The summed E-state index contributed by atoms with van der Waals surface area (Å²) in [7, 11) is 1.90. The van der Waals surface area contributed by atoms with Gasteiger partial charge in [0.05, 0.1) is 47.5 Å². The normalized spacial score (nSPS) is 12.3. The highest BCUT2D eigenvalue weighted by molar-refractivity contribution is 7.84. The summed E-state index contributed by atoms with van der Waals surface area (Å²) in [6.45, 7) is 3.81. The quantitative estimate of drug-likeness (QED) is 0.769. The summed E-state index contributed by atoms with van der Waals surface area (Å²) in [5.74, 6) is 1.76. The Kier molecular flexibility index (Phi) is 4.53. The summed E-state index contributed by atoms with van der Waals surface area (Å²) in [5.41, 5.74) is 4.03. The van der Waals surface area contributed by atoms with E-state index in [0.717, 1.165) is 39.5 Å². The summed E-state index contributed by atoms with van der Waals surface area (Å²) in [4.78, 5) is 12.0. The highest BCUT2D eigenvalue weighted by Gasteiger charge is 2.15. The fourth-order valence-electron chi connectivity index (χ4n) is 2.51. The Balaban J connectivity index is 1.91. The van der Waals surface area contributed by atoms with Crippen molar-refractivity contribution in [3.05, 3.63) is 41.2 Å². The van der Waals surface area contributed by atoms with Crippen molar-refractivity contribution in [2.75, 3.05) is 14.2 Å². The molecular weight excluding hydrogens is 326 g/mol. The van der Waals surface area contributed by atoms with E-state index in [1.807, 2.05) is 38.1 Å². The molecule has 0 amide bonds.